The first-order valence-corrected chi connectivity index (χ1v) is 24.7. The van der Waals surface area contributed by atoms with Gasteiger partial charge in [-0.25, -0.2) is 0 Å². The van der Waals surface area contributed by atoms with Crippen LogP contribution in [0.1, 0.15) is 213 Å². The quantitative estimate of drug-likeness (QED) is 0.0263. The van der Waals surface area contributed by atoms with Crippen molar-refractivity contribution in [2.75, 3.05) is 13.2 Å². The van der Waals surface area contributed by atoms with E-state index in [1.54, 1.807) is 0 Å². The molecular weight excluding hydrogens is 757 g/mol. The van der Waals surface area contributed by atoms with E-state index in [4.69, 9.17) is 14.2 Å². The summed E-state index contributed by atoms with van der Waals surface area (Å²) in [6, 6.07) is 0. The average Bonchev–Trinajstić information content (AvgIpc) is 3.26. The van der Waals surface area contributed by atoms with Gasteiger partial charge in [-0.15, -0.1) is 0 Å². The molecule has 0 aromatic heterocycles. The van der Waals surface area contributed by atoms with E-state index in [9.17, 15) is 14.4 Å². The molecule has 0 saturated carbocycles. The lowest BCUT2D eigenvalue weighted by molar-refractivity contribution is -0.166. The Morgan fingerprint density at radius 3 is 1.13 bits per heavy atom. The van der Waals surface area contributed by atoms with Gasteiger partial charge in [0.2, 0.25) is 0 Å². The molecule has 0 bridgehead atoms. The van der Waals surface area contributed by atoms with Crippen molar-refractivity contribution in [2.24, 2.45) is 0 Å². The maximum Gasteiger partial charge on any atom is 0.306 e. The van der Waals surface area contributed by atoms with Gasteiger partial charge in [-0.3, -0.25) is 14.4 Å². The molecule has 0 N–H and O–H groups in total. The SMILES string of the molecule is CC/C=C\C/C=C\C/C=C\C/C=C\CCC(=O)OC(COC(=O)CCCCCCC/C=C\C/C=C\CCC)COC(=O)CCCCCCCCC/C=C\C/C=C\CCCCC. The first-order chi connectivity index (χ1) is 30.0. The van der Waals surface area contributed by atoms with E-state index in [0.29, 0.717) is 19.3 Å². The summed E-state index contributed by atoms with van der Waals surface area (Å²) in [6.07, 6.45) is 64.0. The van der Waals surface area contributed by atoms with Crippen LogP contribution in [0.5, 0.6) is 0 Å². The lowest BCUT2D eigenvalue weighted by Gasteiger charge is -2.18. The molecule has 0 spiro atoms. The van der Waals surface area contributed by atoms with Gasteiger partial charge in [0.1, 0.15) is 13.2 Å². The van der Waals surface area contributed by atoms with E-state index in [1.165, 1.54) is 57.8 Å². The topological polar surface area (TPSA) is 78.9 Å². The molecule has 0 amide bonds. The lowest BCUT2D eigenvalue weighted by Crippen LogP contribution is -2.30. The smallest absolute Gasteiger partial charge is 0.306 e. The Morgan fingerprint density at radius 2 is 0.705 bits per heavy atom. The van der Waals surface area contributed by atoms with Gasteiger partial charge < -0.3 is 14.2 Å². The number of ether oxygens (including phenoxy) is 3. The summed E-state index contributed by atoms with van der Waals surface area (Å²) < 4.78 is 16.7. The summed E-state index contributed by atoms with van der Waals surface area (Å²) in [5.41, 5.74) is 0. The number of carbonyl (C=O) groups is 3. The molecule has 0 aliphatic carbocycles. The molecule has 0 aromatic carbocycles. The van der Waals surface area contributed by atoms with Crippen LogP contribution in [0, 0.1) is 0 Å². The zero-order chi connectivity index (χ0) is 44.4. The Labute approximate surface area is 375 Å². The van der Waals surface area contributed by atoms with Crippen molar-refractivity contribution in [3.05, 3.63) is 97.2 Å². The molecule has 0 rings (SSSR count). The summed E-state index contributed by atoms with van der Waals surface area (Å²) in [6.45, 7) is 6.33. The second kappa shape index (κ2) is 49.0. The Bertz CT molecular complexity index is 1250. The summed E-state index contributed by atoms with van der Waals surface area (Å²) in [5, 5.41) is 0. The van der Waals surface area contributed by atoms with Gasteiger partial charge in [0.05, 0.1) is 0 Å². The number of allylic oxidation sites excluding steroid dienone is 16. The number of carbonyl (C=O) groups excluding carboxylic acids is 3. The second-order valence-corrected chi connectivity index (χ2v) is 16.0. The van der Waals surface area contributed by atoms with Crippen LogP contribution in [0.25, 0.3) is 0 Å². The second-order valence-electron chi connectivity index (χ2n) is 16.0. The fourth-order valence-electron chi connectivity index (χ4n) is 6.35. The number of esters is 3. The maximum absolute atomic E-state index is 12.7. The molecule has 0 aromatic rings. The Balaban J connectivity index is 4.49. The van der Waals surface area contributed by atoms with Crippen LogP contribution in [0.2, 0.25) is 0 Å². The summed E-state index contributed by atoms with van der Waals surface area (Å²) in [7, 11) is 0. The van der Waals surface area contributed by atoms with Gasteiger partial charge >= 0.3 is 17.9 Å². The molecule has 6 heteroatoms. The van der Waals surface area contributed by atoms with E-state index < -0.39 is 12.1 Å². The van der Waals surface area contributed by atoms with Gasteiger partial charge in [-0.05, 0) is 103 Å². The molecule has 0 fully saturated rings. The first kappa shape index (κ1) is 57.3. The molecular formula is C55H90O6. The molecule has 0 aliphatic heterocycles. The third-order valence-corrected chi connectivity index (χ3v) is 10.0. The summed E-state index contributed by atoms with van der Waals surface area (Å²) in [5.74, 6) is -1.03. The molecule has 0 saturated heterocycles. The summed E-state index contributed by atoms with van der Waals surface area (Å²) >= 11 is 0. The van der Waals surface area contributed by atoms with Crippen molar-refractivity contribution >= 4 is 17.9 Å². The molecule has 1 atom stereocenters. The van der Waals surface area contributed by atoms with Gasteiger partial charge in [-0.1, -0.05) is 189 Å². The van der Waals surface area contributed by atoms with Crippen LogP contribution in [0.15, 0.2) is 97.2 Å². The Morgan fingerprint density at radius 1 is 0.344 bits per heavy atom. The standard InChI is InChI=1S/C55H90O6/c1-4-7-10-13-16-19-22-25-26-27-28-31-33-36-39-42-45-48-54(57)60-51-52(61-55(58)49-46-43-40-37-34-30-24-21-18-15-12-9-6-3)50-59-53(56)47-44-41-38-35-32-29-23-20-17-14-11-8-5-2/h9,11-12,14,16,18-21,23,25-26,30,34,40,43,52H,4-8,10,13,15,17,22,24,27-29,31-33,35-39,41-42,44-51H2,1-3H3/b12-9-,14-11-,19-16-,21-18-,23-20-,26-25-,34-30-,43-40-. The highest BCUT2D eigenvalue weighted by atomic mass is 16.6. The zero-order valence-corrected chi connectivity index (χ0v) is 39.4. The molecule has 0 radical (unpaired) electrons. The fraction of sp³-hybridized carbons (Fsp3) is 0.655. The zero-order valence-electron chi connectivity index (χ0n) is 39.4. The van der Waals surface area contributed by atoms with Crippen molar-refractivity contribution < 1.29 is 28.6 Å². The van der Waals surface area contributed by atoms with Crippen LogP contribution >= 0.6 is 0 Å². The average molecular weight is 847 g/mol. The van der Waals surface area contributed by atoms with Crippen LogP contribution in [-0.2, 0) is 28.6 Å². The van der Waals surface area contributed by atoms with Crippen molar-refractivity contribution in [3.8, 4) is 0 Å². The molecule has 0 heterocycles. The number of hydrogen-bond donors (Lipinski definition) is 0. The van der Waals surface area contributed by atoms with Crippen LogP contribution < -0.4 is 0 Å². The van der Waals surface area contributed by atoms with Crippen LogP contribution in [0.4, 0.5) is 0 Å². The van der Waals surface area contributed by atoms with Crippen molar-refractivity contribution in [3.63, 3.8) is 0 Å². The van der Waals surface area contributed by atoms with Crippen LogP contribution in [-0.4, -0.2) is 37.2 Å². The van der Waals surface area contributed by atoms with Crippen molar-refractivity contribution in [1.82, 2.24) is 0 Å². The van der Waals surface area contributed by atoms with Gasteiger partial charge in [0.15, 0.2) is 6.10 Å². The normalized spacial score (nSPS) is 12.9. The Hall–Kier alpha value is -3.67. The van der Waals surface area contributed by atoms with E-state index in [0.717, 1.165) is 109 Å². The Kier molecular flexibility index (Phi) is 46.0. The predicted molar refractivity (Wildman–Crippen MR) is 260 cm³/mol. The monoisotopic (exact) mass is 847 g/mol. The molecule has 0 aliphatic rings. The van der Waals surface area contributed by atoms with Gasteiger partial charge in [0.25, 0.3) is 0 Å². The fourth-order valence-corrected chi connectivity index (χ4v) is 6.35. The molecule has 6 nitrogen and oxygen atoms in total. The van der Waals surface area contributed by atoms with E-state index in [1.807, 2.05) is 12.2 Å². The van der Waals surface area contributed by atoms with Gasteiger partial charge in [-0.2, -0.15) is 0 Å². The third-order valence-electron chi connectivity index (χ3n) is 10.0. The highest BCUT2D eigenvalue weighted by Gasteiger charge is 2.19. The van der Waals surface area contributed by atoms with E-state index in [2.05, 4.69) is 106 Å². The number of unbranched alkanes of at least 4 members (excludes halogenated alkanes) is 16. The minimum Gasteiger partial charge on any atom is -0.462 e. The van der Waals surface area contributed by atoms with E-state index >= 15 is 0 Å². The minimum absolute atomic E-state index is 0.116. The lowest BCUT2D eigenvalue weighted by atomic mass is 10.1. The first-order valence-electron chi connectivity index (χ1n) is 24.7. The van der Waals surface area contributed by atoms with E-state index in [-0.39, 0.29) is 31.6 Å². The van der Waals surface area contributed by atoms with Crippen molar-refractivity contribution in [1.29, 1.82) is 0 Å². The summed E-state index contributed by atoms with van der Waals surface area (Å²) in [4.78, 5) is 37.9. The highest BCUT2D eigenvalue weighted by Crippen LogP contribution is 2.13. The van der Waals surface area contributed by atoms with Gasteiger partial charge in [0, 0.05) is 19.3 Å². The van der Waals surface area contributed by atoms with Crippen LogP contribution in [0.3, 0.4) is 0 Å². The highest BCUT2D eigenvalue weighted by molar-refractivity contribution is 5.71. The molecule has 1 unspecified atom stereocenters. The number of hydrogen-bond acceptors (Lipinski definition) is 6. The van der Waals surface area contributed by atoms with Crippen molar-refractivity contribution in [2.45, 2.75) is 219 Å². The number of rotatable bonds is 43. The molecule has 61 heavy (non-hydrogen) atoms. The maximum atomic E-state index is 12.7. The minimum atomic E-state index is -0.824. The predicted octanol–water partition coefficient (Wildman–Crippen LogP) is 16.2. The largest absolute Gasteiger partial charge is 0.462 e. The third kappa shape index (κ3) is 47.2. The molecule has 346 valence electrons.